The van der Waals surface area contributed by atoms with Crippen LogP contribution in [0.3, 0.4) is 0 Å². The molecule has 10 nitrogen and oxygen atoms in total. The van der Waals surface area contributed by atoms with Gasteiger partial charge in [0.05, 0.1) is 24.8 Å². The van der Waals surface area contributed by atoms with Crippen molar-refractivity contribution in [1.29, 1.82) is 5.26 Å². The Morgan fingerprint density at radius 3 is 2.49 bits per heavy atom. The second-order valence-electron chi connectivity index (χ2n) is 11.8. The molecule has 2 N–H and O–H groups in total. The lowest BCUT2D eigenvalue weighted by Crippen LogP contribution is -2.75. The normalized spacial score (nSPS) is 21.7. The molecule has 0 unspecified atom stereocenters. The van der Waals surface area contributed by atoms with Crippen molar-refractivity contribution in [3.63, 3.8) is 0 Å². The lowest BCUT2D eigenvalue weighted by molar-refractivity contribution is -0.166. The van der Waals surface area contributed by atoms with Crippen LogP contribution in [0, 0.1) is 17.2 Å². The molecule has 3 fully saturated rings. The second kappa shape index (κ2) is 13.8. The van der Waals surface area contributed by atoms with E-state index in [0.717, 1.165) is 18.4 Å². The number of nitriles is 1. The van der Waals surface area contributed by atoms with E-state index in [4.69, 9.17) is 19.5 Å². The van der Waals surface area contributed by atoms with Crippen molar-refractivity contribution in [2.75, 3.05) is 40.0 Å². The quantitative estimate of drug-likeness (QED) is 0.430. The number of ether oxygens (including phenoxy) is 3. The number of carbonyl (C=O) groups is 2. The largest absolute Gasteiger partial charge is 0.493 e. The number of carbonyl (C=O) groups excluding carboxylic acids is 2. The summed E-state index contributed by atoms with van der Waals surface area (Å²) in [6.45, 7) is 5.80. The minimum Gasteiger partial charge on any atom is -0.493 e. The zero-order valence-electron chi connectivity index (χ0n) is 25.1. The third-order valence-corrected chi connectivity index (χ3v) is 9.12. The Morgan fingerprint density at radius 2 is 1.84 bits per heavy atom. The highest BCUT2D eigenvalue weighted by atomic mass is 16.5. The number of amides is 2. The number of methoxy groups -OCH3 is 1. The number of hydrogen-bond donors (Lipinski definition) is 2. The van der Waals surface area contributed by atoms with E-state index in [1.54, 1.807) is 30.2 Å². The number of aliphatic hydroxyl groups excluding tert-OH is 1. The average Bonchev–Trinajstić information content (AvgIpc) is 3.05. The summed E-state index contributed by atoms with van der Waals surface area (Å²) in [4.78, 5) is 31.6. The molecule has 3 aliphatic rings. The number of rotatable bonds is 10. The summed E-state index contributed by atoms with van der Waals surface area (Å²) in [5.74, 6) is 1.33. The fourth-order valence-corrected chi connectivity index (χ4v) is 6.49. The molecule has 3 aliphatic heterocycles. The van der Waals surface area contributed by atoms with Crippen LogP contribution in [0.4, 0.5) is 0 Å². The van der Waals surface area contributed by atoms with Crippen molar-refractivity contribution in [3.8, 4) is 23.3 Å². The first kappa shape index (κ1) is 30.8. The summed E-state index contributed by atoms with van der Waals surface area (Å²) in [6, 6.07) is 14.1. The maximum absolute atomic E-state index is 13.8. The Labute approximate surface area is 253 Å². The molecule has 2 aromatic rings. The van der Waals surface area contributed by atoms with Gasteiger partial charge in [-0.25, -0.2) is 0 Å². The van der Waals surface area contributed by atoms with Gasteiger partial charge in [0.15, 0.2) is 11.5 Å². The fourth-order valence-electron chi connectivity index (χ4n) is 6.49. The van der Waals surface area contributed by atoms with Crippen LogP contribution in [-0.4, -0.2) is 84.4 Å². The van der Waals surface area contributed by atoms with E-state index in [9.17, 15) is 14.7 Å². The molecule has 0 saturated carbocycles. The van der Waals surface area contributed by atoms with E-state index < -0.39 is 17.7 Å². The number of piperidine rings is 1. The SMILES string of the molecule is CCCCN1C(=O)[C@@H]([C@H](O)C2CCOCC2)NC(=O)C12CCN(Cc1ccc(Oc3ccc(C#N)cc3OC)cc1)CC2. The first-order valence-corrected chi connectivity index (χ1v) is 15.3. The molecule has 2 atom stereocenters. The second-order valence-corrected chi connectivity index (χ2v) is 11.8. The molecule has 230 valence electrons. The monoisotopic (exact) mass is 590 g/mol. The number of aliphatic hydroxyl groups is 1. The van der Waals surface area contributed by atoms with Crippen LogP contribution in [0.2, 0.25) is 0 Å². The third kappa shape index (κ3) is 6.64. The van der Waals surface area contributed by atoms with Crippen LogP contribution in [0.25, 0.3) is 0 Å². The maximum Gasteiger partial charge on any atom is 0.248 e. The summed E-state index contributed by atoms with van der Waals surface area (Å²) < 4.78 is 16.8. The third-order valence-electron chi connectivity index (χ3n) is 9.12. The lowest BCUT2D eigenvalue weighted by atomic mass is 9.79. The molecule has 0 aromatic heterocycles. The average molecular weight is 591 g/mol. The molecule has 3 heterocycles. The molecule has 1 spiro atoms. The van der Waals surface area contributed by atoms with Gasteiger partial charge in [-0.15, -0.1) is 0 Å². The zero-order valence-corrected chi connectivity index (χ0v) is 25.1. The molecular weight excluding hydrogens is 548 g/mol. The summed E-state index contributed by atoms with van der Waals surface area (Å²) in [7, 11) is 1.54. The van der Waals surface area contributed by atoms with Crippen LogP contribution < -0.4 is 14.8 Å². The molecule has 2 amide bonds. The number of nitrogens with one attached hydrogen (secondary N) is 1. The molecule has 5 rings (SSSR count). The number of piperazine rings is 1. The van der Waals surface area contributed by atoms with Crippen LogP contribution in [0.5, 0.6) is 17.2 Å². The Hall–Kier alpha value is -3.65. The fraction of sp³-hybridized carbons (Fsp3) is 0.545. The van der Waals surface area contributed by atoms with Gasteiger partial charge in [-0.1, -0.05) is 25.5 Å². The summed E-state index contributed by atoms with van der Waals surface area (Å²) in [6.07, 6.45) is 3.29. The van der Waals surface area contributed by atoms with E-state index in [2.05, 4.69) is 23.2 Å². The van der Waals surface area contributed by atoms with Crippen LogP contribution in [-0.2, 0) is 20.9 Å². The van der Waals surface area contributed by atoms with Crippen LogP contribution in [0.15, 0.2) is 42.5 Å². The lowest BCUT2D eigenvalue weighted by Gasteiger charge is -2.52. The van der Waals surface area contributed by atoms with E-state index in [1.807, 2.05) is 24.3 Å². The summed E-state index contributed by atoms with van der Waals surface area (Å²) in [5.41, 5.74) is 0.729. The van der Waals surface area contributed by atoms with Gasteiger partial charge < -0.3 is 29.5 Å². The highest BCUT2D eigenvalue weighted by Crippen LogP contribution is 2.36. The molecule has 0 radical (unpaired) electrons. The maximum atomic E-state index is 13.8. The smallest absolute Gasteiger partial charge is 0.248 e. The minimum absolute atomic E-state index is 0.0603. The summed E-state index contributed by atoms with van der Waals surface area (Å²) in [5, 5.41) is 23.2. The standard InChI is InChI=1S/C33H42N4O6/c1-3-4-15-37-31(39)29(30(38)25-11-18-42-19-12-25)35-32(40)33(37)13-16-36(17-14-33)22-23-5-8-26(9-6-23)43-27-10-7-24(21-34)20-28(27)41-2/h5-10,20,25,29-30,38H,3-4,11-19,22H2,1-2H3,(H,35,40)/t29-,30-/m1/s1. The van der Waals surface area contributed by atoms with Crippen molar-refractivity contribution >= 4 is 11.8 Å². The van der Waals surface area contributed by atoms with Crippen molar-refractivity contribution in [2.24, 2.45) is 5.92 Å². The molecule has 2 aromatic carbocycles. The minimum atomic E-state index is -0.910. The molecule has 10 heteroatoms. The van der Waals surface area contributed by atoms with E-state index in [0.29, 0.717) is 87.9 Å². The van der Waals surface area contributed by atoms with Crippen molar-refractivity contribution in [3.05, 3.63) is 53.6 Å². The van der Waals surface area contributed by atoms with Crippen molar-refractivity contribution in [2.45, 2.75) is 69.7 Å². The molecular formula is C33H42N4O6. The molecule has 43 heavy (non-hydrogen) atoms. The Bertz CT molecular complexity index is 1310. The Morgan fingerprint density at radius 1 is 1.12 bits per heavy atom. The highest BCUT2D eigenvalue weighted by molar-refractivity contribution is 6.00. The van der Waals surface area contributed by atoms with Crippen molar-refractivity contribution in [1.82, 2.24) is 15.1 Å². The number of likely N-dealkylation sites (tertiary alicyclic amines) is 1. The van der Waals surface area contributed by atoms with Gasteiger partial charge in [0.25, 0.3) is 0 Å². The van der Waals surface area contributed by atoms with Gasteiger partial charge in [0.2, 0.25) is 11.8 Å². The summed E-state index contributed by atoms with van der Waals surface area (Å²) >= 11 is 0. The Kier molecular flexibility index (Phi) is 9.86. The number of hydrogen-bond acceptors (Lipinski definition) is 8. The topological polar surface area (TPSA) is 124 Å². The van der Waals surface area contributed by atoms with Gasteiger partial charge in [-0.05, 0) is 67.9 Å². The van der Waals surface area contributed by atoms with E-state index >= 15 is 0 Å². The molecule has 0 aliphatic carbocycles. The first-order chi connectivity index (χ1) is 20.9. The van der Waals surface area contributed by atoms with Gasteiger partial charge in [-0.3, -0.25) is 14.5 Å². The van der Waals surface area contributed by atoms with Gasteiger partial charge in [0.1, 0.15) is 17.3 Å². The first-order valence-electron chi connectivity index (χ1n) is 15.3. The van der Waals surface area contributed by atoms with Crippen LogP contribution in [0.1, 0.15) is 56.6 Å². The Balaban J connectivity index is 1.22. The van der Waals surface area contributed by atoms with E-state index in [1.165, 1.54) is 0 Å². The number of unbranched alkanes of at least 4 members (excludes halogenated alkanes) is 1. The predicted molar refractivity (Wildman–Crippen MR) is 160 cm³/mol. The van der Waals surface area contributed by atoms with Crippen molar-refractivity contribution < 1.29 is 28.9 Å². The van der Waals surface area contributed by atoms with Gasteiger partial charge >= 0.3 is 0 Å². The molecule has 3 saturated heterocycles. The highest BCUT2D eigenvalue weighted by Gasteiger charge is 2.55. The van der Waals surface area contributed by atoms with E-state index in [-0.39, 0.29) is 17.7 Å². The van der Waals surface area contributed by atoms with Gasteiger partial charge in [0, 0.05) is 45.5 Å². The number of benzene rings is 2. The van der Waals surface area contributed by atoms with Crippen LogP contribution >= 0.6 is 0 Å². The van der Waals surface area contributed by atoms with Gasteiger partial charge in [-0.2, -0.15) is 5.26 Å². The number of nitrogens with zero attached hydrogens (tertiary/aromatic N) is 3. The zero-order chi connectivity index (χ0) is 30.4. The molecule has 0 bridgehead atoms. The predicted octanol–water partition coefficient (Wildman–Crippen LogP) is 3.61.